The molecule has 0 spiro atoms. The topological polar surface area (TPSA) is 125 Å². The normalized spacial score (nSPS) is 11.6. The minimum Gasteiger partial charge on any atom is -0.466 e. The predicted molar refractivity (Wildman–Crippen MR) is 56.0 cm³/mol. The summed E-state index contributed by atoms with van der Waals surface area (Å²) in [7, 11) is 0. The van der Waals surface area contributed by atoms with Gasteiger partial charge < -0.3 is 21.5 Å². The van der Waals surface area contributed by atoms with Crippen molar-refractivity contribution in [1.82, 2.24) is 5.32 Å². The number of rotatable bonds is 7. The lowest BCUT2D eigenvalue weighted by molar-refractivity contribution is -0.143. The van der Waals surface area contributed by atoms with E-state index in [0.717, 1.165) is 0 Å². The van der Waals surface area contributed by atoms with E-state index in [1.807, 2.05) is 0 Å². The molecule has 5 N–H and O–H groups in total. The zero-order valence-corrected chi connectivity index (χ0v) is 9.19. The first-order chi connectivity index (χ1) is 7.47. The molecule has 0 aliphatic heterocycles. The van der Waals surface area contributed by atoms with E-state index in [2.05, 4.69) is 10.1 Å². The number of hydrogen-bond donors (Lipinski definition) is 3. The van der Waals surface area contributed by atoms with E-state index in [9.17, 15) is 14.4 Å². The monoisotopic (exact) mass is 231 g/mol. The molecule has 0 radical (unpaired) electrons. The fourth-order valence-electron chi connectivity index (χ4n) is 0.961. The molecule has 2 amide bonds. The molecule has 1 unspecified atom stereocenters. The second kappa shape index (κ2) is 7.63. The third-order valence-electron chi connectivity index (χ3n) is 1.69. The number of carbonyl (C=O) groups excluding carboxylic acids is 3. The van der Waals surface area contributed by atoms with E-state index in [-0.39, 0.29) is 19.4 Å². The van der Waals surface area contributed by atoms with Crippen LogP contribution in [-0.4, -0.2) is 37.0 Å². The van der Waals surface area contributed by atoms with E-state index < -0.39 is 23.8 Å². The molecule has 0 heterocycles. The standard InChI is InChI=1S/C9H17N3O4/c1-2-16-8(14)3-4-12-9(15)6(10)5-7(11)13/h6H,2-5,10H2,1H3,(H2,11,13)(H,12,15). The van der Waals surface area contributed by atoms with Crippen LogP contribution < -0.4 is 16.8 Å². The van der Waals surface area contributed by atoms with Crippen molar-refractivity contribution in [3.05, 3.63) is 0 Å². The molecular formula is C9H17N3O4. The maximum atomic E-state index is 11.2. The Labute approximate surface area is 93.5 Å². The van der Waals surface area contributed by atoms with Gasteiger partial charge in [0.05, 0.1) is 25.5 Å². The van der Waals surface area contributed by atoms with Crippen LogP contribution in [0.5, 0.6) is 0 Å². The van der Waals surface area contributed by atoms with Crippen LogP contribution in [0.4, 0.5) is 0 Å². The Morgan fingerprint density at radius 2 is 2.00 bits per heavy atom. The summed E-state index contributed by atoms with van der Waals surface area (Å²) in [6, 6.07) is -0.973. The van der Waals surface area contributed by atoms with Crippen LogP contribution in [0.25, 0.3) is 0 Å². The van der Waals surface area contributed by atoms with E-state index >= 15 is 0 Å². The first-order valence-corrected chi connectivity index (χ1v) is 4.94. The summed E-state index contributed by atoms with van der Waals surface area (Å²) in [6.45, 7) is 2.12. The summed E-state index contributed by atoms with van der Waals surface area (Å²) < 4.78 is 4.65. The van der Waals surface area contributed by atoms with Crippen LogP contribution in [0.15, 0.2) is 0 Å². The van der Waals surface area contributed by atoms with Gasteiger partial charge >= 0.3 is 5.97 Å². The molecule has 7 nitrogen and oxygen atoms in total. The maximum Gasteiger partial charge on any atom is 0.307 e. The van der Waals surface area contributed by atoms with Gasteiger partial charge in [-0.3, -0.25) is 14.4 Å². The third-order valence-corrected chi connectivity index (χ3v) is 1.69. The third kappa shape index (κ3) is 6.77. The number of nitrogens with two attached hydrogens (primary N) is 2. The minimum absolute atomic E-state index is 0.0723. The number of amides is 2. The second-order valence-corrected chi connectivity index (χ2v) is 3.12. The molecular weight excluding hydrogens is 214 g/mol. The molecule has 0 saturated heterocycles. The van der Waals surface area contributed by atoms with Crippen molar-refractivity contribution in [2.45, 2.75) is 25.8 Å². The van der Waals surface area contributed by atoms with Gasteiger partial charge in [0.25, 0.3) is 0 Å². The smallest absolute Gasteiger partial charge is 0.307 e. The number of hydrogen-bond acceptors (Lipinski definition) is 5. The largest absolute Gasteiger partial charge is 0.466 e. The van der Waals surface area contributed by atoms with E-state index in [4.69, 9.17) is 11.5 Å². The van der Waals surface area contributed by atoms with Crippen molar-refractivity contribution in [1.29, 1.82) is 0 Å². The highest BCUT2D eigenvalue weighted by atomic mass is 16.5. The lowest BCUT2D eigenvalue weighted by atomic mass is 10.2. The van der Waals surface area contributed by atoms with Crippen LogP contribution in [0.2, 0.25) is 0 Å². The Morgan fingerprint density at radius 1 is 1.38 bits per heavy atom. The zero-order chi connectivity index (χ0) is 12.6. The average Bonchev–Trinajstić information content (AvgIpc) is 2.16. The Bertz CT molecular complexity index is 267. The molecule has 0 aromatic rings. The number of carbonyl (C=O) groups is 3. The predicted octanol–water partition coefficient (Wildman–Crippen LogP) is -1.74. The Hall–Kier alpha value is -1.63. The summed E-state index contributed by atoms with van der Waals surface area (Å²) in [6.07, 6.45) is -0.145. The van der Waals surface area contributed by atoms with Gasteiger partial charge in [0.1, 0.15) is 0 Å². The van der Waals surface area contributed by atoms with Crippen LogP contribution in [0, 0.1) is 0 Å². The summed E-state index contributed by atoms with van der Waals surface area (Å²) >= 11 is 0. The van der Waals surface area contributed by atoms with Gasteiger partial charge in [0, 0.05) is 6.54 Å². The lowest BCUT2D eigenvalue weighted by Gasteiger charge is -2.09. The van der Waals surface area contributed by atoms with Gasteiger partial charge in [-0.25, -0.2) is 0 Å². The number of primary amides is 1. The lowest BCUT2D eigenvalue weighted by Crippen LogP contribution is -2.43. The molecule has 16 heavy (non-hydrogen) atoms. The first kappa shape index (κ1) is 14.4. The van der Waals surface area contributed by atoms with Crippen molar-refractivity contribution in [2.75, 3.05) is 13.2 Å². The summed E-state index contributed by atoms with van der Waals surface area (Å²) in [4.78, 5) is 32.6. The summed E-state index contributed by atoms with van der Waals surface area (Å²) in [5.74, 6) is -1.55. The first-order valence-electron chi connectivity index (χ1n) is 4.94. The molecule has 92 valence electrons. The van der Waals surface area contributed by atoms with Crippen molar-refractivity contribution in [2.24, 2.45) is 11.5 Å². The molecule has 0 aromatic carbocycles. The maximum absolute atomic E-state index is 11.2. The highest BCUT2D eigenvalue weighted by Crippen LogP contribution is 1.88. The van der Waals surface area contributed by atoms with E-state index in [1.165, 1.54) is 0 Å². The van der Waals surface area contributed by atoms with E-state index in [0.29, 0.717) is 6.61 Å². The highest BCUT2D eigenvalue weighted by Gasteiger charge is 2.15. The molecule has 0 rings (SSSR count). The fraction of sp³-hybridized carbons (Fsp3) is 0.667. The van der Waals surface area contributed by atoms with Crippen LogP contribution in [-0.2, 0) is 19.1 Å². The van der Waals surface area contributed by atoms with Gasteiger partial charge in [-0.05, 0) is 6.92 Å². The van der Waals surface area contributed by atoms with Crippen LogP contribution in [0.3, 0.4) is 0 Å². The second-order valence-electron chi connectivity index (χ2n) is 3.12. The van der Waals surface area contributed by atoms with Gasteiger partial charge in [0.15, 0.2) is 0 Å². The van der Waals surface area contributed by atoms with Gasteiger partial charge in [-0.15, -0.1) is 0 Å². The minimum atomic E-state index is -0.973. The Balaban J connectivity index is 3.72. The van der Waals surface area contributed by atoms with Crippen LogP contribution in [0.1, 0.15) is 19.8 Å². The fourth-order valence-corrected chi connectivity index (χ4v) is 0.961. The van der Waals surface area contributed by atoms with Crippen molar-refractivity contribution >= 4 is 17.8 Å². The summed E-state index contributed by atoms with van der Waals surface area (Å²) in [5.41, 5.74) is 10.2. The molecule has 0 fully saturated rings. The zero-order valence-electron chi connectivity index (χ0n) is 9.19. The van der Waals surface area contributed by atoms with Gasteiger partial charge in [-0.2, -0.15) is 0 Å². The molecule has 0 aliphatic carbocycles. The van der Waals surface area contributed by atoms with E-state index in [1.54, 1.807) is 6.92 Å². The Morgan fingerprint density at radius 3 is 2.50 bits per heavy atom. The number of esters is 1. The molecule has 7 heteroatoms. The van der Waals surface area contributed by atoms with Crippen molar-refractivity contribution in [3.63, 3.8) is 0 Å². The summed E-state index contributed by atoms with van der Waals surface area (Å²) in [5, 5.41) is 2.40. The Kier molecular flexibility index (Phi) is 6.86. The van der Waals surface area contributed by atoms with Crippen molar-refractivity contribution in [3.8, 4) is 0 Å². The van der Waals surface area contributed by atoms with Crippen molar-refractivity contribution < 1.29 is 19.1 Å². The quantitative estimate of drug-likeness (QED) is 0.448. The molecule has 0 bridgehead atoms. The average molecular weight is 231 g/mol. The molecule has 1 atom stereocenters. The van der Waals surface area contributed by atoms with Crippen LogP contribution >= 0.6 is 0 Å². The number of ether oxygens (including phenoxy) is 1. The molecule has 0 saturated carbocycles. The molecule has 0 aliphatic rings. The molecule has 0 aromatic heterocycles. The van der Waals surface area contributed by atoms with Gasteiger partial charge in [-0.1, -0.05) is 0 Å². The SMILES string of the molecule is CCOC(=O)CCNC(=O)C(N)CC(N)=O. The number of nitrogens with one attached hydrogen (secondary N) is 1. The van der Waals surface area contributed by atoms with Gasteiger partial charge in [0.2, 0.25) is 11.8 Å². The highest BCUT2D eigenvalue weighted by molar-refractivity contribution is 5.87.